The molecular weight excluding hydrogens is 418 g/mol. The Kier molecular flexibility index (Phi) is 8.28. The molecule has 2 rings (SSSR count). The summed E-state index contributed by atoms with van der Waals surface area (Å²) in [5, 5.41) is 21.5. The van der Waals surface area contributed by atoms with Crippen molar-refractivity contribution < 1.29 is 24.4 Å². The summed E-state index contributed by atoms with van der Waals surface area (Å²) in [6, 6.07) is 5.89. The van der Waals surface area contributed by atoms with E-state index < -0.39 is 17.4 Å². The summed E-state index contributed by atoms with van der Waals surface area (Å²) in [6.45, 7) is 0.0372. The van der Waals surface area contributed by atoms with E-state index in [2.05, 4.69) is 5.32 Å². The zero-order valence-corrected chi connectivity index (χ0v) is 17.0. The van der Waals surface area contributed by atoms with E-state index >= 15 is 0 Å². The van der Waals surface area contributed by atoms with Crippen LogP contribution in [0.5, 0.6) is 0 Å². The summed E-state index contributed by atoms with van der Waals surface area (Å²) in [6.07, 6.45) is 3.81. The monoisotopic (exact) mass is 437 g/mol. The summed E-state index contributed by atoms with van der Waals surface area (Å²) >= 11 is 6.44. The standard InChI is InChI=1S/C18H19N3O6S2/c22-15(19-11-16(23)24)4-2-1-3-9-20-17(25)14(29-18(20)28)10-12-5-7-13(8-6-12)21(26)27/h5-8,10H,1-4,9,11H2,(H,19,22)(H,23,24)/b14-10-. The van der Waals surface area contributed by atoms with Crippen molar-refractivity contribution in [3.8, 4) is 0 Å². The maximum Gasteiger partial charge on any atom is 0.322 e. The van der Waals surface area contributed by atoms with Gasteiger partial charge in [0.15, 0.2) is 0 Å². The van der Waals surface area contributed by atoms with Crippen molar-refractivity contribution in [2.75, 3.05) is 13.1 Å². The fourth-order valence-corrected chi connectivity index (χ4v) is 3.84. The minimum Gasteiger partial charge on any atom is -0.480 e. The van der Waals surface area contributed by atoms with E-state index in [1.807, 2.05) is 0 Å². The van der Waals surface area contributed by atoms with Crippen molar-refractivity contribution >= 4 is 57.8 Å². The molecule has 0 saturated carbocycles. The Bertz CT molecular complexity index is 854. The summed E-state index contributed by atoms with van der Waals surface area (Å²) in [7, 11) is 0. The number of carboxylic acids is 1. The van der Waals surface area contributed by atoms with Gasteiger partial charge in [-0.25, -0.2) is 0 Å². The van der Waals surface area contributed by atoms with Gasteiger partial charge in [0.05, 0.1) is 9.83 Å². The van der Waals surface area contributed by atoms with Crippen molar-refractivity contribution in [2.45, 2.75) is 25.7 Å². The van der Waals surface area contributed by atoms with Crippen LogP contribution in [0.2, 0.25) is 0 Å². The van der Waals surface area contributed by atoms with Crippen molar-refractivity contribution in [1.82, 2.24) is 10.2 Å². The Morgan fingerprint density at radius 3 is 2.55 bits per heavy atom. The van der Waals surface area contributed by atoms with E-state index in [0.29, 0.717) is 40.6 Å². The number of amides is 2. The van der Waals surface area contributed by atoms with Gasteiger partial charge in [-0.15, -0.1) is 0 Å². The van der Waals surface area contributed by atoms with Crippen LogP contribution in [0.25, 0.3) is 6.08 Å². The third-order valence-electron chi connectivity index (χ3n) is 4.00. The number of carbonyl (C=O) groups excluding carboxylic acids is 2. The second-order valence-corrected chi connectivity index (χ2v) is 7.84. The van der Waals surface area contributed by atoms with E-state index in [0.717, 1.165) is 0 Å². The molecule has 154 valence electrons. The number of nitrogens with zero attached hydrogens (tertiary/aromatic N) is 2. The lowest BCUT2D eigenvalue weighted by Crippen LogP contribution is -2.29. The van der Waals surface area contributed by atoms with Gasteiger partial charge in [0.2, 0.25) is 5.91 Å². The molecular formula is C18H19N3O6S2. The topological polar surface area (TPSA) is 130 Å². The lowest BCUT2D eigenvalue weighted by atomic mass is 10.1. The van der Waals surface area contributed by atoms with Gasteiger partial charge in [0, 0.05) is 25.1 Å². The maximum atomic E-state index is 12.5. The van der Waals surface area contributed by atoms with Gasteiger partial charge in [-0.2, -0.15) is 0 Å². The van der Waals surface area contributed by atoms with E-state index in [9.17, 15) is 24.5 Å². The normalized spacial score (nSPS) is 15.0. The molecule has 0 unspecified atom stereocenters. The van der Waals surface area contributed by atoms with E-state index in [1.54, 1.807) is 18.2 Å². The van der Waals surface area contributed by atoms with Gasteiger partial charge >= 0.3 is 5.97 Å². The SMILES string of the molecule is O=C(O)CNC(=O)CCCCCN1C(=O)/C(=C/c2ccc([N+](=O)[O-])cc2)SC1=S. The molecule has 0 bridgehead atoms. The Balaban J connectivity index is 1.80. The minimum atomic E-state index is -1.09. The van der Waals surface area contributed by atoms with E-state index in [-0.39, 0.29) is 23.9 Å². The number of unbranched alkanes of at least 4 members (excludes halogenated alkanes) is 2. The number of carboxylic acid groups (broad SMARTS) is 1. The lowest BCUT2D eigenvalue weighted by Gasteiger charge is -2.14. The van der Waals surface area contributed by atoms with Crippen LogP contribution in [-0.2, 0) is 14.4 Å². The van der Waals surface area contributed by atoms with Crippen molar-refractivity contribution in [3.05, 3.63) is 44.8 Å². The van der Waals surface area contributed by atoms with Crippen LogP contribution in [0, 0.1) is 10.1 Å². The zero-order chi connectivity index (χ0) is 21.4. The van der Waals surface area contributed by atoms with Gasteiger partial charge in [-0.05, 0) is 36.6 Å². The van der Waals surface area contributed by atoms with Gasteiger partial charge in [0.1, 0.15) is 10.9 Å². The smallest absolute Gasteiger partial charge is 0.322 e. The van der Waals surface area contributed by atoms with Crippen molar-refractivity contribution in [2.24, 2.45) is 0 Å². The van der Waals surface area contributed by atoms with Crippen molar-refractivity contribution in [3.63, 3.8) is 0 Å². The number of hydrogen-bond donors (Lipinski definition) is 2. The Morgan fingerprint density at radius 1 is 1.24 bits per heavy atom. The number of carbonyl (C=O) groups is 3. The maximum absolute atomic E-state index is 12.5. The highest BCUT2D eigenvalue weighted by Crippen LogP contribution is 2.33. The second kappa shape index (κ2) is 10.7. The first-order chi connectivity index (χ1) is 13.8. The fourth-order valence-electron chi connectivity index (χ4n) is 2.53. The number of rotatable bonds is 10. The zero-order valence-electron chi connectivity index (χ0n) is 15.3. The summed E-state index contributed by atoms with van der Waals surface area (Å²) in [5.74, 6) is -1.61. The molecule has 0 aromatic heterocycles. The number of nitro groups is 1. The summed E-state index contributed by atoms with van der Waals surface area (Å²) in [4.78, 5) is 46.5. The van der Waals surface area contributed by atoms with Gasteiger partial charge in [-0.3, -0.25) is 29.4 Å². The Labute approximate surface area is 176 Å². The molecule has 29 heavy (non-hydrogen) atoms. The largest absolute Gasteiger partial charge is 0.480 e. The van der Waals surface area contributed by atoms with E-state index in [4.69, 9.17) is 17.3 Å². The molecule has 0 radical (unpaired) electrons. The average molecular weight is 437 g/mol. The highest BCUT2D eigenvalue weighted by atomic mass is 32.2. The number of aliphatic carboxylic acids is 1. The predicted octanol–water partition coefficient (Wildman–Crippen LogP) is 2.56. The van der Waals surface area contributed by atoms with Crippen LogP contribution >= 0.6 is 24.0 Å². The molecule has 0 spiro atoms. The van der Waals surface area contributed by atoms with Gasteiger partial charge < -0.3 is 10.4 Å². The molecule has 1 aromatic rings. The van der Waals surface area contributed by atoms with E-state index in [1.165, 1.54) is 28.8 Å². The van der Waals surface area contributed by atoms with Crippen LogP contribution in [0.1, 0.15) is 31.2 Å². The van der Waals surface area contributed by atoms with Crippen LogP contribution in [0.15, 0.2) is 29.2 Å². The first-order valence-electron chi connectivity index (χ1n) is 8.76. The number of nitro benzene ring substituents is 1. The third-order valence-corrected chi connectivity index (χ3v) is 5.38. The van der Waals surface area contributed by atoms with Gasteiger partial charge in [-0.1, -0.05) is 30.4 Å². The average Bonchev–Trinajstić information content (AvgIpc) is 2.93. The number of thiocarbonyl (C=S) groups is 1. The molecule has 0 aliphatic carbocycles. The molecule has 0 atom stereocenters. The number of nitrogens with one attached hydrogen (secondary N) is 1. The lowest BCUT2D eigenvalue weighted by molar-refractivity contribution is -0.384. The third kappa shape index (κ3) is 6.95. The Hall–Kier alpha value is -2.79. The fraction of sp³-hybridized carbons (Fsp3) is 0.333. The first kappa shape index (κ1) is 22.5. The summed E-state index contributed by atoms with van der Waals surface area (Å²) < 4.78 is 0.447. The molecule has 11 heteroatoms. The predicted molar refractivity (Wildman–Crippen MR) is 112 cm³/mol. The van der Waals surface area contributed by atoms with Gasteiger partial charge in [0.25, 0.3) is 11.6 Å². The van der Waals surface area contributed by atoms with Crippen LogP contribution < -0.4 is 5.32 Å². The quantitative estimate of drug-likeness (QED) is 0.188. The molecule has 2 N–H and O–H groups in total. The number of hydrogen-bond acceptors (Lipinski definition) is 7. The molecule has 1 fully saturated rings. The number of thioether (sulfide) groups is 1. The molecule has 2 amide bonds. The van der Waals surface area contributed by atoms with Crippen LogP contribution in [0.4, 0.5) is 5.69 Å². The summed E-state index contributed by atoms with van der Waals surface area (Å²) in [5.41, 5.74) is 0.648. The van der Waals surface area contributed by atoms with Crippen LogP contribution in [-0.4, -0.2) is 50.1 Å². The number of non-ortho nitro benzene ring substituents is 1. The second-order valence-electron chi connectivity index (χ2n) is 6.16. The first-order valence-corrected chi connectivity index (χ1v) is 9.98. The van der Waals surface area contributed by atoms with Crippen LogP contribution in [0.3, 0.4) is 0 Å². The van der Waals surface area contributed by atoms with Crippen molar-refractivity contribution in [1.29, 1.82) is 0 Å². The molecule has 1 saturated heterocycles. The highest BCUT2D eigenvalue weighted by molar-refractivity contribution is 8.26. The molecule has 9 nitrogen and oxygen atoms in total. The number of benzene rings is 1. The minimum absolute atomic E-state index is 0.0219. The molecule has 1 aliphatic rings. The molecule has 1 aliphatic heterocycles. The molecule has 1 aromatic carbocycles. The highest BCUT2D eigenvalue weighted by Gasteiger charge is 2.31. The molecule has 1 heterocycles. The Morgan fingerprint density at radius 2 is 1.93 bits per heavy atom.